The number of guanidine groups is 1. The first kappa shape index (κ1) is 16.6. The van der Waals surface area contributed by atoms with Gasteiger partial charge < -0.3 is 5.32 Å². The summed E-state index contributed by atoms with van der Waals surface area (Å²) in [5, 5.41) is 22.6. The summed E-state index contributed by atoms with van der Waals surface area (Å²) in [6, 6.07) is 9.80. The van der Waals surface area contributed by atoms with Crippen LogP contribution in [-0.4, -0.2) is 34.6 Å². The highest BCUT2D eigenvalue weighted by molar-refractivity contribution is 8.03. The Morgan fingerprint density at radius 3 is 2.92 bits per heavy atom. The molecule has 1 aromatic rings. The van der Waals surface area contributed by atoms with Gasteiger partial charge in [-0.05, 0) is 41.5 Å². The summed E-state index contributed by atoms with van der Waals surface area (Å²) in [6.45, 7) is 4.16. The van der Waals surface area contributed by atoms with Gasteiger partial charge in [0.25, 0.3) is 0 Å². The monoisotopic (exact) mass is 340 g/mol. The number of carbonyl (C=O) groups is 1. The molecule has 5 nitrogen and oxygen atoms in total. The van der Waals surface area contributed by atoms with Gasteiger partial charge in [0.1, 0.15) is 0 Å². The zero-order valence-corrected chi connectivity index (χ0v) is 14.8. The van der Waals surface area contributed by atoms with Crippen LogP contribution in [0.2, 0.25) is 0 Å². The standard InChI is InChI=1S/C18H20N4OS/c1-11-14(13-6-4-5-12(7-13)9-19)10-24-16(11)18(2)8-15(23)22(3)17(20)21-18/h4-7,10-11,16H,8H2,1-3H3,(H2,20,21)/t11?,16?,18-/m0/s1. The van der Waals surface area contributed by atoms with Gasteiger partial charge in [-0.3, -0.25) is 15.1 Å². The molecule has 1 amide bonds. The Balaban J connectivity index is 1.85. The number of hydrogen-bond donors (Lipinski definition) is 2. The molecule has 2 aliphatic heterocycles. The van der Waals surface area contributed by atoms with E-state index in [1.807, 2.05) is 25.1 Å². The molecule has 0 bridgehead atoms. The minimum absolute atomic E-state index is 0.0334. The normalized spacial score (nSPS) is 29.9. The van der Waals surface area contributed by atoms with Crippen LogP contribution in [0.1, 0.15) is 31.4 Å². The third-order valence-electron chi connectivity index (χ3n) is 4.87. The van der Waals surface area contributed by atoms with Gasteiger partial charge in [-0.2, -0.15) is 5.26 Å². The fraction of sp³-hybridized carbons (Fsp3) is 0.389. The second-order valence-corrected chi connectivity index (χ2v) is 7.65. The first-order valence-corrected chi connectivity index (χ1v) is 8.79. The largest absolute Gasteiger partial charge is 0.349 e. The van der Waals surface area contributed by atoms with Crippen molar-refractivity contribution < 1.29 is 4.79 Å². The van der Waals surface area contributed by atoms with E-state index < -0.39 is 5.54 Å². The van der Waals surface area contributed by atoms with Gasteiger partial charge in [0, 0.05) is 12.3 Å². The van der Waals surface area contributed by atoms with Crippen LogP contribution >= 0.6 is 11.8 Å². The second-order valence-electron chi connectivity index (χ2n) is 6.63. The Kier molecular flexibility index (Phi) is 4.14. The van der Waals surface area contributed by atoms with Gasteiger partial charge >= 0.3 is 0 Å². The van der Waals surface area contributed by atoms with Crippen LogP contribution in [0.25, 0.3) is 5.57 Å². The van der Waals surface area contributed by atoms with Crippen LogP contribution in [0.5, 0.6) is 0 Å². The number of nitriles is 1. The number of nitrogens with one attached hydrogen (secondary N) is 2. The van der Waals surface area contributed by atoms with Crippen molar-refractivity contribution in [3.05, 3.63) is 40.8 Å². The van der Waals surface area contributed by atoms with Crippen molar-refractivity contribution in [3.8, 4) is 6.07 Å². The fourth-order valence-corrected chi connectivity index (χ4v) is 4.93. The number of hydrogen-bond acceptors (Lipinski definition) is 4. The van der Waals surface area contributed by atoms with E-state index in [0.717, 1.165) is 5.56 Å². The lowest BCUT2D eigenvalue weighted by Crippen LogP contribution is -2.64. The lowest BCUT2D eigenvalue weighted by atomic mass is 9.80. The summed E-state index contributed by atoms with van der Waals surface area (Å²) < 4.78 is 0. The number of benzene rings is 1. The van der Waals surface area contributed by atoms with Crippen LogP contribution in [0.4, 0.5) is 0 Å². The van der Waals surface area contributed by atoms with Crippen LogP contribution in [0.15, 0.2) is 29.7 Å². The van der Waals surface area contributed by atoms with Crippen LogP contribution < -0.4 is 5.32 Å². The number of allylic oxidation sites excluding steroid dienone is 1. The maximum atomic E-state index is 12.2. The predicted octanol–water partition coefficient (Wildman–Crippen LogP) is 2.80. The Bertz CT molecular complexity index is 761. The fourth-order valence-electron chi connectivity index (χ4n) is 3.46. The maximum absolute atomic E-state index is 12.2. The SMILES string of the molecule is CC1C(c2cccc(C#N)c2)=CSC1[C@]1(C)CC(=O)N(C)C(=N)N1. The van der Waals surface area contributed by atoms with E-state index in [2.05, 4.69) is 23.7 Å². The third-order valence-corrected chi connectivity index (χ3v) is 6.48. The quantitative estimate of drug-likeness (QED) is 0.867. The Labute approximate surface area is 146 Å². The molecule has 2 N–H and O–H groups in total. The van der Waals surface area contributed by atoms with Gasteiger partial charge in [0.05, 0.1) is 23.6 Å². The molecule has 1 aromatic carbocycles. The van der Waals surface area contributed by atoms with Crippen molar-refractivity contribution in [3.63, 3.8) is 0 Å². The van der Waals surface area contributed by atoms with Crippen LogP contribution in [0.3, 0.4) is 0 Å². The summed E-state index contributed by atoms with van der Waals surface area (Å²) in [5.41, 5.74) is 2.42. The first-order chi connectivity index (χ1) is 11.4. The zero-order valence-electron chi connectivity index (χ0n) is 14.0. The molecule has 124 valence electrons. The molecule has 0 saturated carbocycles. The molecule has 1 fully saturated rings. The summed E-state index contributed by atoms with van der Waals surface area (Å²) >= 11 is 1.70. The van der Waals surface area contributed by atoms with Crippen molar-refractivity contribution in [2.24, 2.45) is 5.92 Å². The highest BCUT2D eigenvalue weighted by Crippen LogP contribution is 2.47. The number of thioether (sulfide) groups is 1. The van der Waals surface area contributed by atoms with E-state index in [0.29, 0.717) is 12.0 Å². The molecule has 0 radical (unpaired) electrons. The van der Waals surface area contributed by atoms with Gasteiger partial charge in [-0.15, -0.1) is 11.8 Å². The van der Waals surface area contributed by atoms with Crippen molar-refractivity contribution in [1.29, 1.82) is 10.7 Å². The van der Waals surface area contributed by atoms with Gasteiger partial charge in [0.2, 0.25) is 5.91 Å². The molecule has 2 heterocycles. The molecule has 6 heteroatoms. The molecule has 0 spiro atoms. The Morgan fingerprint density at radius 1 is 1.50 bits per heavy atom. The smallest absolute Gasteiger partial charge is 0.231 e. The molecule has 2 unspecified atom stereocenters. The molecule has 2 aliphatic rings. The average Bonchev–Trinajstić information content (AvgIpc) is 2.95. The topological polar surface area (TPSA) is 80.0 Å². The number of carbonyl (C=O) groups excluding carboxylic acids is 1. The van der Waals surface area contributed by atoms with Crippen molar-refractivity contribution in [2.75, 3.05) is 7.05 Å². The molecule has 1 saturated heterocycles. The molecule has 0 aliphatic carbocycles. The summed E-state index contributed by atoms with van der Waals surface area (Å²) in [6.07, 6.45) is 0.368. The van der Waals surface area contributed by atoms with Crippen LogP contribution in [0, 0.1) is 22.7 Å². The summed E-state index contributed by atoms with van der Waals surface area (Å²) in [5.74, 6) is 0.334. The lowest BCUT2D eigenvalue weighted by molar-refractivity contribution is -0.129. The first-order valence-electron chi connectivity index (χ1n) is 7.85. The maximum Gasteiger partial charge on any atom is 0.231 e. The minimum atomic E-state index is -0.462. The second kappa shape index (κ2) is 5.99. The highest BCUT2D eigenvalue weighted by atomic mass is 32.2. The Hall–Kier alpha value is -2.26. The van der Waals surface area contributed by atoms with Crippen molar-refractivity contribution in [2.45, 2.75) is 31.1 Å². The molecular formula is C18H20N4OS. The Morgan fingerprint density at radius 2 is 2.25 bits per heavy atom. The molecule has 24 heavy (non-hydrogen) atoms. The molecule has 0 aromatic heterocycles. The summed E-state index contributed by atoms with van der Waals surface area (Å²) in [7, 11) is 1.62. The predicted molar refractivity (Wildman–Crippen MR) is 96.3 cm³/mol. The minimum Gasteiger partial charge on any atom is -0.349 e. The number of nitrogens with zero attached hydrogens (tertiary/aromatic N) is 2. The molecular weight excluding hydrogens is 320 g/mol. The van der Waals surface area contributed by atoms with Gasteiger partial charge in [0.15, 0.2) is 5.96 Å². The van der Waals surface area contributed by atoms with E-state index >= 15 is 0 Å². The molecule has 3 rings (SSSR count). The van der Waals surface area contributed by atoms with E-state index in [4.69, 9.17) is 10.7 Å². The zero-order chi connectivity index (χ0) is 17.5. The summed E-state index contributed by atoms with van der Waals surface area (Å²) in [4.78, 5) is 13.6. The van der Waals surface area contributed by atoms with E-state index in [-0.39, 0.29) is 23.0 Å². The van der Waals surface area contributed by atoms with Gasteiger partial charge in [-0.25, -0.2) is 0 Å². The number of rotatable bonds is 2. The lowest BCUT2D eigenvalue weighted by Gasteiger charge is -2.44. The van der Waals surface area contributed by atoms with Gasteiger partial charge in [-0.1, -0.05) is 19.1 Å². The molecule has 3 atom stereocenters. The van der Waals surface area contributed by atoms with E-state index in [9.17, 15) is 4.79 Å². The van der Waals surface area contributed by atoms with Crippen molar-refractivity contribution in [1.82, 2.24) is 10.2 Å². The van der Waals surface area contributed by atoms with Crippen LogP contribution in [-0.2, 0) is 4.79 Å². The number of amides is 1. The van der Waals surface area contributed by atoms with Crippen molar-refractivity contribution >= 4 is 29.2 Å². The highest BCUT2D eigenvalue weighted by Gasteiger charge is 2.47. The third kappa shape index (κ3) is 2.69. The average molecular weight is 340 g/mol. The van der Waals surface area contributed by atoms with E-state index in [1.54, 1.807) is 24.9 Å². The van der Waals surface area contributed by atoms with E-state index in [1.165, 1.54) is 10.5 Å².